The van der Waals surface area contributed by atoms with E-state index in [9.17, 15) is 9.59 Å². The number of amides is 2. The van der Waals surface area contributed by atoms with E-state index >= 15 is 0 Å². The Kier molecular flexibility index (Phi) is 14.7. The molecule has 0 spiro atoms. The number of carbonyl (C=O) groups is 2. The molecule has 0 rings (SSSR count). The standard InChI is InChI=1S/C16H31N2O4PS2/c1-16(2,24)13-18-15(20)10-8-9-14(19)17-11-6-4-5-7-12-22-23(25)21-3/h4-13H2,1-3H3,(H2-,17,18,19,20,24)/p+1. The lowest BCUT2D eigenvalue weighted by atomic mass is 10.2. The van der Waals surface area contributed by atoms with Crippen molar-refractivity contribution in [3.63, 3.8) is 0 Å². The van der Waals surface area contributed by atoms with E-state index < -0.39 is 7.15 Å². The van der Waals surface area contributed by atoms with E-state index in [0.717, 1.165) is 25.7 Å². The molecule has 0 heterocycles. The normalized spacial score (nSPS) is 11.9. The van der Waals surface area contributed by atoms with Crippen molar-refractivity contribution in [2.24, 2.45) is 0 Å². The highest BCUT2D eigenvalue weighted by molar-refractivity contribution is 8.00. The molecular formula is C16H32N2O4PS2+. The molecule has 0 aliphatic heterocycles. The molecule has 0 aliphatic carbocycles. The molecule has 2 N–H and O–H groups in total. The van der Waals surface area contributed by atoms with Gasteiger partial charge < -0.3 is 10.6 Å². The van der Waals surface area contributed by atoms with E-state index in [1.165, 1.54) is 0 Å². The number of hydrogen-bond acceptors (Lipinski definition) is 6. The topological polar surface area (TPSA) is 76.7 Å². The van der Waals surface area contributed by atoms with E-state index in [0.29, 0.717) is 39.0 Å². The molecule has 2 amide bonds. The number of carbonyl (C=O) groups excluding carboxylic acids is 2. The monoisotopic (exact) mass is 411 g/mol. The molecule has 25 heavy (non-hydrogen) atoms. The van der Waals surface area contributed by atoms with Crippen LogP contribution in [0, 0.1) is 0 Å². The van der Waals surface area contributed by atoms with Crippen LogP contribution in [0.25, 0.3) is 0 Å². The molecule has 0 aromatic rings. The molecule has 0 aliphatic rings. The summed E-state index contributed by atoms with van der Waals surface area (Å²) in [5, 5.41) is 5.70. The molecule has 0 aromatic heterocycles. The van der Waals surface area contributed by atoms with Gasteiger partial charge in [0.25, 0.3) is 0 Å². The van der Waals surface area contributed by atoms with E-state index in [4.69, 9.17) is 20.9 Å². The van der Waals surface area contributed by atoms with Crippen LogP contribution >= 0.6 is 19.8 Å². The van der Waals surface area contributed by atoms with Crippen molar-refractivity contribution in [2.45, 2.75) is 63.5 Å². The van der Waals surface area contributed by atoms with Gasteiger partial charge in [0.2, 0.25) is 23.6 Å². The summed E-state index contributed by atoms with van der Waals surface area (Å²) < 4.78 is 9.94. The fourth-order valence-corrected chi connectivity index (χ4v) is 2.59. The molecule has 1 unspecified atom stereocenters. The third-order valence-electron chi connectivity index (χ3n) is 3.26. The van der Waals surface area contributed by atoms with Crippen LogP contribution in [0.15, 0.2) is 0 Å². The Balaban J connectivity index is 3.44. The maximum atomic E-state index is 11.7. The SMILES string of the molecule is CO[P+](=S)OCCCCCCNC(=O)CCCC(=O)NCC(C)(C)S. The highest BCUT2D eigenvalue weighted by Gasteiger charge is 2.13. The van der Waals surface area contributed by atoms with Crippen molar-refractivity contribution < 1.29 is 18.6 Å². The van der Waals surface area contributed by atoms with Crippen LogP contribution in [0.1, 0.15) is 58.8 Å². The van der Waals surface area contributed by atoms with Gasteiger partial charge >= 0.3 is 7.15 Å². The minimum absolute atomic E-state index is 0.00232. The molecule has 0 aromatic carbocycles. The van der Waals surface area contributed by atoms with Gasteiger partial charge in [0.15, 0.2) is 0 Å². The molecule has 0 bridgehead atoms. The smallest absolute Gasteiger partial charge is 0.356 e. The number of unbranched alkanes of at least 4 members (excludes halogenated alkanes) is 3. The minimum atomic E-state index is -1.14. The lowest BCUT2D eigenvalue weighted by molar-refractivity contribution is -0.122. The van der Waals surface area contributed by atoms with Crippen molar-refractivity contribution in [1.29, 1.82) is 0 Å². The first-order valence-corrected chi connectivity index (χ1v) is 11.3. The first-order chi connectivity index (χ1) is 11.7. The Labute approximate surface area is 163 Å². The second-order valence-corrected chi connectivity index (χ2v) is 9.62. The molecule has 0 radical (unpaired) electrons. The summed E-state index contributed by atoms with van der Waals surface area (Å²) in [5.41, 5.74) is 0. The third-order valence-corrected chi connectivity index (χ3v) is 4.88. The van der Waals surface area contributed by atoms with Crippen LogP contribution in [-0.2, 0) is 30.4 Å². The predicted octanol–water partition coefficient (Wildman–Crippen LogP) is 3.09. The minimum Gasteiger partial charge on any atom is -0.356 e. The van der Waals surface area contributed by atoms with E-state index in [-0.39, 0.29) is 16.6 Å². The van der Waals surface area contributed by atoms with Crippen LogP contribution in [0.3, 0.4) is 0 Å². The first-order valence-electron chi connectivity index (χ1n) is 8.64. The van der Waals surface area contributed by atoms with E-state index in [2.05, 4.69) is 23.3 Å². The van der Waals surface area contributed by atoms with Crippen LogP contribution in [0.5, 0.6) is 0 Å². The maximum absolute atomic E-state index is 11.7. The second-order valence-electron chi connectivity index (χ2n) is 6.45. The Morgan fingerprint density at radius 3 is 2.24 bits per heavy atom. The number of thiol groups is 1. The Hall–Kier alpha value is -0.270. The highest BCUT2D eigenvalue weighted by Crippen LogP contribution is 2.22. The first kappa shape index (κ1) is 24.7. The second kappa shape index (κ2) is 14.9. The summed E-state index contributed by atoms with van der Waals surface area (Å²) in [6.45, 7) is 5.69. The van der Waals surface area contributed by atoms with Gasteiger partial charge in [-0.15, -0.1) is 9.05 Å². The fourth-order valence-electron chi connectivity index (χ4n) is 1.90. The van der Waals surface area contributed by atoms with E-state index in [1.54, 1.807) is 7.11 Å². The predicted molar refractivity (Wildman–Crippen MR) is 109 cm³/mol. The molecule has 9 heteroatoms. The van der Waals surface area contributed by atoms with Gasteiger partial charge in [-0.05, 0) is 33.1 Å². The molecule has 0 saturated carbocycles. The van der Waals surface area contributed by atoms with Gasteiger partial charge in [-0.25, -0.2) is 0 Å². The fraction of sp³-hybridized carbons (Fsp3) is 0.875. The summed E-state index contributed by atoms with van der Waals surface area (Å²) >= 11 is 9.26. The number of nitrogens with one attached hydrogen (secondary N) is 2. The van der Waals surface area contributed by atoms with Crippen LogP contribution in [0.4, 0.5) is 0 Å². The summed E-state index contributed by atoms with van der Waals surface area (Å²) in [4.78, 5) is 23.3. The average Bonchev–Trinajstić information content (AvgIpc) is 2.54. The quantitative estimate of drug-likeness (QED) is 0.219. The Bertz CT molecular complexity index is 417. The van der Waals surface area contributed by atoms with Gasteiger partial charge in [-0.3, -0.25) is 9.59 Å². The van der Waals surface area contributed by atoms with Crippen LogP contribution < -0.4 is 10.6 Å². The molecule has 0 fully saturated rings. The van der Waals surface area contributed by atoms with E-state index in [1.807, 2.05) is 13.8 Å². The molecule has 146 valence electrons. The van der Waals surface area contributed by atoms with Crippen molar-refractivity contribution >= 4 is 43.4 Å². The largest absolute Gasteiger partial charge is 0.521 e. The summed E-state index contributed by atoms with van der Waals surface area (Å²) in [5.74, 6) is -0.0316. The zero-order valence-corrected chi connectivity index (χ0v) is 18.1. The zero-order valence-electron chi connectivity index (χ0n) is 15.5. The Morgan fingerprint density at radius 2 is 1.64 bits per heavy atom. The third kappa shape index (κ3) is 18.3. The van der Waals surface area contributed by atoms with Crippen molar-refractivity contribution in [1.82, 2.24) is 10.6 Å². The number of hydrogen-bond donors (Lipinski definition) is 3. The van der Waals surface area contributed by atoms with Gasteiger partial charge in [0, 0.05) is 30.7 Å². The highest BCUT2D eigenvalue weighted by atomic mass is 32.4. The van der Waals surface area contributed by atoms with Gasteiger partial charge in [-0.1, -0.05) is 12.8 Å². The maximum Gasteiger partial charge on any atom is 0.521 e. The molecule has 0 saturated heterocycles. The number of rotatable bonds is 15. The molecular weight excluding hydrogens is 379 g/mol. The van der Waals surface area contributed by atoms with Crippen LogP contribution in [-0.4, -0.2) is 43.4 Å². The zero-order chi connectivity index (χ0) is 19.1. The average molecular weight is 412 g/mol. The van der Waals surface area contributed by atoms with Crippen LogP contribution in [0.2, 0.25) is 0 Å². The lowest BCUT2D eigenvalue weighted by Gasteiger charge is -2.17. The van der Waals surface area contributed by atoms with Gasteiger partial charge in [0.05, 0.1) is 7.11 Å². The molecule has 1 atom stereocenters. The van der Waals surface area contributed by atoms with Gasteiger partial charge in [0.1, 0.15) is 6.61 Å². The van der Waals surface area contributed by atoms with Crippen molar-refractivity contribution in [2.75, 3.05) is 26.8 Å². The molecule has 6 nitrogen and oxygen atoms in total. The summed E-state index contributed by atoms with van der Waals surface area (Å²) in [6.07, 6.45) is 5.27. The Morgan fingerprint density at radius 1 is 1.04 bits per heavy atom. The van der Waals surface area contributed by atoms with Crippen molar-refractivity contribution in [3.8, 4) is 0 Å². The summed E-state index contributed by atoms with van der Waals surface area (Å²) in [6, 6.07) is 0. The van der Waals surface area contributed by atoms with Crippen molar-refractivity contribution in [3.05, 3.63) is 0 Å². The lowest BCUT2D eigenvalue weighted by Crippen LogP contribution is -2.34. The van der Waals surface area contributed by atoms with Gasteiger partial charge in [-0.2, -0.15) is 12.6 Å². The summed E-state index contributed by atoms with van der Waals surface area (Å²) in [7, 11) is 0.412.